The van der Waals surface area contributed by atoms with Crippen LogP contribution in [-0.2, 0) is 6.42 Å². The molecule has 2 N–H and O–H groups in total. The van der Waals surface area contributed by atoms with Gasteiger partial charge in [0.2, 0.25) is 0 Å². The predicted molar refractivity (Wildman–Crippen MR) is 79.2 cm³/mol. The van der Waals surface area contributed by atoms with Crippen molar-refractivity contribution in [3.8, 4) is 0 Å². The molecule has 0 saturated heterocycles. The zero-order valence-corrected chi connectivity index (χ0v) is 12.4. The van der Waals surface area contributed by atoms with Gasteiger partial charge in [-0.2, -0.15) is 0 Å². The van der Waals surface area contributed by atoms with Gasteiger partial charge in [-0.05, 0) is 57.6 Å². The highest BCUT2D eigenvalue weighted by Crippen LogP contribution is 2.09. The van der Waals surface area contributed by atoms with Crippen molar-refractivity contribution in [1.29, 1.82) is 0 Å². The van der Waals surface area contributed by atoms with Gasteiger partial charge in [0.05, 0.1) is 6.61 Å². The minimum atomic E-state index is -0.167. The lowest BCUT2D eigenvalue weighted by Crippen LogP contribution is -2.47. The minimum Gasteiger partial charge on any atom is -0.394 e. The SMILES string of the molecule is CCNC(C)(CO)CCN(C)CCc1ccncc1. The van der Waals surface area contributed by atoms with Crippen LogP contribution in [0.4, 0.5) is 0 Å². The third-order valence-corrected chi connectivity index (χ3v) is 3.53. The fraction of sp³-hybridized carbons (Fsp3) is 0.667. The Hall–Kier alpha value is -0.970. The Bertz CT molecular complexity index is 345. The average molecular weight is 265 g/mol. The molecule has 19 heavy (non-hydrogen) atoms. The number of aliphatic hydroxyl groups is 1. The topological polar surface area (TPSA) is 48.4 Å². The van der Waals surface area contributed by atoms with Gasteiger partial charge in [0.25, 0.3) is 0 Å². The molecule has 0 bridgehead atoms. The molecule has 1 rings (SSSR count). The van der Waals surface area contributed by atoms with E-state index >= 15 is 0 Å². The van der Waals surface area contributed by atoms with Crippen molar-refractivity contribution in [2.75, 3.05) is 33.3 Å². The number of hydrogen-bond acceptors (Lipinski definition) is 4. The molecule has 1 atom stereocenters. The van der Waals surface area contributed by atoms with Crippen molar-refractivity contribution in [2.45, 2.75) is 32.2 Å². The van der Waals surface area contributed by atoms with Crippen LogP contribution in [0.3, 0.4) is 0 Å². The van der Waals surface area contributed by atoms with Gasteiger partial charge in [0.15, 0.2) is 0 Å². The number of nitrogens with one attached hydrogen (secondary N) is 1. The van der Waals surface area contributed by atoms with Crippen molar-refractivity contribution in [3.63, 3.8) is 0 Å². The lowest BCUT2D eigenvalue weighted by molar-refractivity contribution is 0.153. The van der Waals surface area contributed by atoms with Crippen LogP contribution in [-0.4, -0.2) is 53.8 Å². The summed E-state index contributed by atoms with van der Waals surface area (Å²) >= 11 is 0. The number of aliphatic hydroxyl groups excluding tert-OH is 1. The Morgan fingerprint density at radius 2 is 2.00 bits per heavy atom. The monoisotopic (exact) mass is 265 g/mol. The van der Waals surface area contributed by atoms with Crippen molar-refractivity contribution in [2.24, 2.45) is 0 Å². The summed E-state index contributed by atoms with van der Waals surface area (Å²) < 4.78 is 0. The van der Waals surface area contributed by atoms with E-state index in [2.05, 4.69) is 48.2 Å². The van der Waals surface area contributed by atoms with Gasteiger partial charge in [-0.25, -0.2) is 0 Å². The molecule has 4 nitrogen and oxygen atoms in total. The Kier molecular flexibility index (Phi) is 6.99. The highest BCUT2D eigenvalue weighted by Gasteiger charge is 2.21. The Morgan fingerprint density at radius 1 is 1.32 bits per heavy atom. The van der Waals surface area contributed by atoms with Crippen LogP contribution < -0.4 is 5.32 Å². The maximum Gasteiger partial charge on any atom is 0.0611 e. The fourth-order valence-electron chi connectivity index (χ4n) is 2.07. The van der Waals surface area contributed by atoms with Crippen LogP contribution >= 0.6 is 0 Å². The van der Waals surface area contributed by atoms with E-state index in [0.717, 1.165) is 32.5 Å². The number of hydrogen-bond donors (Lipinski definition) is 2. The van der Waals surface area contributed by atoms with E-state index in [1.807, 2.05) is 12.4 Å². The fourth-order valence-corrected chi connectivity index (χ4v) is 2.07. The second-order valence-electron chi connectivity index (χ2n) is 5.41. The van der Waals surface area contributed by atoms with E-state index in [-0.39, 0.29) is 12.1 Å². The quantitative estimate of drug-likeness (QED) is 0.707. The van der Waals surface area contributed by atoms with E-state index in [4.69, 9.17) is 0 Å². The summed E-state index contributed by atoms with van der Waals surface area (Å²) in [6.07, 6.45) is 5.66. The molecule has 0 radical (unpaired) electrons. The Balaban J connectivity index is 2.29. The Morgan fingerprint density at radius 3 is 2.58 bits per heavy atom. The number of likely N-dealkylation sites (N-methyl/N-ethyl adjacent to an activating group) is 2. The van der Waals surface area contributed by atoms with Crippen molar-refractivity contribution in [3.05, 3.63) is 30.1 Å². The lowest BCUT2D eigenvalue weighted by Gasteiger charge is -2.30. The molecular formula is C15H27N3O. The molecule has 0 aliphatic carbocycles. The summed E-state index contributed by atoms with van der Waals surface area (Å²) in [7, 11) is 2.13. The van der Waals surface area contributed by atoms with Gasteiger partial charge in [0, 0.05) is 24.5 Å². The van der Waals surface area contributed by atoms with E-state index in [0.29, 0.717) is 0 Å². The van der Waals surface area contributed by atoms with Crippen LogP contribution in [0.1, 0.15) is 25.8 Å². The van der Waals surface area contributed by atoms with Gasteiger partial charge in [-0.15, -0.1) is 0 Å². The summed E-state index contributed by atoms with van der Waals surface area (Å²) in [6, 6.07) is 4.12. The normalized spacial score (nSPS) is 14.6. The molecule has 0 aliphatic rings. The molecule has 0 fully saturated rings. The third-order valence-electron chi connectivity index (χ3n) is 3.53. The van der Waals surface area contributed by atoms with Gasteiger partial charge in [0.1, 0.15) is 0 Å². The van der Waals surface area contributed by atoms with Crippen LogP contribution in [0.2, 0.25) is 0 Å². The first-order valence-corrected chi connectivity index (χ1v) is 7.03. The maximum atomic E-state index is 9.45. The molecule has 1 unspecified atom stereocenters. The molecule has 0 aromatic carbocycles. The largest absolute Gasteiger partial charge is 0.394 e. The van der Waals surface area contributed by atoms with E-state index in [9.17, 15) is 5.11 Å². The minimum absolute atomic E-state index is 0.167. The van der Waals surface area contributed by atoms with E-state index < -0.39 is 0 Å². The first-order valence-electron chi connectivity index (χ1n) is 7.03. The van der Waals surface area contributed by atoms with Crippen molar-refractivity contribution >= 4 is 0 Å². The molecular weight excluding hydrogens is 238 g/mol. The van der Waals surface area contributed by atoms with E-state index in [1.54, 1.807) is 0 Å². The van der Waals surface area contributed by atoms with Gasteiger partial charge in [-0.3, -0.25) is 4.98 Å². The van der Waals surface area contributed by atoms with Crippen LogP contribution in [0.5, 0.6) is 0 Å². The summed E-state index contributed by atoms with van der Waals surface area (Å²) in [5.74, 6) is 0. The Labute approximate surface area is 116 Å². The third kappa shape index (κ3) is 6.14. The highest BCUT2D eigenvalue weighted by atomic mass is 16.3. The van der Waals surface area contributed by atoms with Crippen LogP contribution in [0.15, 0.2) is 24.5 Å². The first-order chi connectivity index (χ1) is 9.09. The zero-order chi connectivity index (χ0) is 14.1. The van der Waals surface area contributed by atoms with Gasteiger partial charge >= 0.3 is 0 Å². The summed E-state index contributed by atoms with van der Waals surface area (Å²) in [5.41, 5.74) is 1.15. The summed E-state index contributed by atoms with van der Waals surface area (Å²) in [4.78, 5) is 6.33. The number of rotatable bonds is 9. The number of aromatic nitrogens is 1. The molecule has 4 heteroatoms. The average Bonchev–Trinajstić information content (AvgIpc) is 2.44. The van der Waals surface area contributed by atoms with Gasteiger partial charge < -0.3 is 15.3 Å². The molecule has 0 aliphatic heterocycles. The first kappa shape index (κ1) is 16.1. The standard InChI is InChI=1S/C15H27N3O/c1-4-17-15(2,13-19)8-12-18(3)11-7-14-5-9-16-10-6-14/h5-6,9-10,17,19H,4,7-8,11-13H2,1-3H3. The molecule has 1 heterocycles. The van der Waals surface area contributed by atoms with E-state index in [1.165, 1.54) is 5.56 Å². The zero-order valence-electron chi connectivity index (χ0n) is 12.4. The number of nitrogens with zero attached hydrogens (tertiary/aromatic N) is 2. The summed E-state index contributed by atoms with van der Waals surface area (Å²) in [5, 5.41) is 12.8. The van der Waals surface area contributed by atoms with Crippen LogP contribution in [0.25, 0.3) is 0 Å². The molecule has 1 aromatic heterocycles. The molecule has 0 amide bonds. The molecule has 108 valence electrons. The van der Waals surface area contributed by atoms with Gasteiger partial charge in [-0.1, -0.05) is 6.92 Å². The van der Waals surface area contributed by atoms with Crippen LogP contribution in [0, 0.1) is 0 Å². The molecule has 1 aromatic rings. The number of pyridine rings is 1. The second-order valence-corrected chi connectivity index (χ2v) is 5.41. The summed E-state index contributed by atoms with van der Waals surface area (Å²) in [6.45, 7) is 7.22. The highest BCUT2D eigenvalue weighted by molar-refractivity contribution is 5.09. The lowest BCUT2D eigenvalue weighted by atomic mass is 9.98. The maximum absolute atomic E-state index is 9.45. The van der Waals surface area contributed by atoms with Crippen molar-refractivity contribution in [1.82, 2.24) is 15.2 Å². The molecule has 0 saturated carbocycles. The molecule has 0 spiro atoms. The smallest absolute Gasteiger partial charge is 0.0611 e. The van der Waals surface area contributed by atoms with Crippen molar-refractivity contribution < 1.29 is 5.11 Å². The second kappa shape index (κ2) is 8.25. The predicted octanol–water partition coefficient (Wildman–Crippen LogP) is 1.31.